The van der Waals surface area contributed by atoms with E-state index >= 15 is 4.57 Å². The van der Waals surface area contributed by atoms with Crippen LogP contribution in [0.5, 0.6) is 23.0 Å². The summed E-state index contributed by atoms with van der Waals surface area (Å²) < 4.78 is 29.7. The second-order valence-corrected chi connectivity index (χ2v) is 16.0. The lowest BCUT2D eigenvalue weighted by molar-refractivity contribution is 0.439. The molecule has 5 aromatic rings. The first-order valence-electron chi connectivity index (χ1n) is 14.2. The highest BCUT2D eigenvalue weighted by molar-refractivity contribution is 7.87. The van der Waals surface area contributed by atoms with Crippen molar-refractivity contribution in [3.63, 3.8) is 0 Å². The third-order valence-electron chi connectivity index (χ3n) is 8.64. The molecule has 41 heavy (non-hydrogen) atoms. The Balaban J connectivity index is 1.55. The number of ether oxygens (including phenoxy) is 2. The topological polar surface area (TPSA) is 38.8 Å². The van der Waals surface area contributed by atoms with E-state index in [1.54, 1.807) is 0 Å². The van der Waals surface area contributed by atoms with E-state index in [1.807, 2.05) is 18.2 Å². The minimum absolute atomic E-state index is 0.213. The molecular formula is C36H32NO3P. The lowest BCUT2D eigenvalue weighted by Gasteiger charge is -2.45. The van der Waals surface area contributed by atoms with Crippen LogP contribution in [0.1, 0.15) is 52.7 Å². The van der Waals surface area contributed by atoms with E-state index in [2.05, 4.69) is 113 Å². The van der Waals surface area contributed by atoms with Gasteiger partial charge in [0.25, 0.3) is 0 Å². The Morgan fingerprint density at radius 3 is 1.66 bits per heavy atom. The van der Waals surface area contributed by atoms with Gasteiger partial charge in [-0.25, -0.2) is 0 Å². The highest BCUT2D eigenvalue weighted by Gasteiger charge is 2.54. The largest absolute Gasteiger partial charge is 0.455 e. The van der Waals surface area contributed by atoms with Crippen molar-refractivity contribution < 1.29 is 14.0 Å². The van der Waals surface area contributed by atoms with Crippen LogP contribution in [0.25, 0.3) is 10.8 Å². The van der Waals surface area contributed by atoms with Gasteiger partial charge in [-0.15, -0.1) is 0 Å². The lowest BCUT2D eigenvalue weighted by atomic mass is 9.85. The van der Waals surface area contributed by atoms with Crippen LogP contribution in [0.2, 0.25) is 0 Å². The zero-order valence-electron chi connectivity index (χ0n) is 24.2. The van der Waals surface area contributed by atoms with Crippen molar-refractivity contribution in [2.24, 2.45) is 0 Å². The lowest BCUT2D eigenvalue weighted by Crippen LogP contribution is -2.43. The molecule has 0 saturated carbocycles. The van der Waals surface area contributed by atoms with Crippen LogP contribution in [0.3, 0.4) is 0 Å². The van der Waals surface area contributed by atoms with Gasteiger partial charge in [-0.2, -0.15) is 0 Å². The molecule has 5 aromatic carbocycles. The van der Waals surface area contributed by atoms with Gasteiger partial charge in [-0.3, -0.25) is 0 Å². The van der Waals surface area contributed by atoms with Crippen molar-refractivity contribution in [2.75, 3.05) is 4.90 Å². The standard InChI is InChI=1S/C36H32NO3P/c1-35(2,3)24-16-18-26-32-30(24)39-28-12-9-13-29-34(28)41(32,38)33-27(19-17-25(31(33)40-29)36(4,5)6)37(26)23-15-14-21-10-7-8-11-22(21)20-23/h7-20H,1-6H3. The Hall–Kier alpha value is -4.01. The zero-order chi connectivity index (χ0) is 28.5. The SMILES string of the molecule is CC(C)(C)c1ccc2c3c1Oc1cccc4c1P3(=O)c1c(ccc(C(C)(C)C)c1O4)N2c1ccc2ccccc2c1. The second-order valence-electron chi connectivity index (χ2n) is 13.4. The Morgan fingerprint density at radius 1 is 0.585 bits per heavy atom. The van der Waals surface area contributed by atoms with Gasteiger partial charge in [0.1, 0.15) is 28.3 Å². The molecule has 0 aromatic heterocycles. The Morgan fingerprint density at radius 2 is 1.12 bits per heavy atom. The third-order valence-corrected chi connectivity index (χ3v) is 11.8. The molecule has 5 heteroatoms. The van der Waals surface area contributed by atoms with Gasteiger partial charge in [0.05, 0.1) is 22.0 Å². The van der Waals surface area contributed by atoms with Crippen LogP contribution in [-0.4, -0.2) is 0 Å². The number of hydrogen-bond donors (Lipinski definition) is 0. The first-order chi connectivity index (χ1) is 19.5. The smallest absolute Gasteiger partial charge is 0.189 e. The molecule has 3 heterocycles. The minimum Gasteiger partial charge on any atom is -0.455 e. The van der Waals surface area contributed by atoms with E-state index in [0.717, 1.165) is 44.2 Å². The number of nitrogens with zero attached hydrogens (tertiary/aromatic N) is 1. The molecule has 0 unspecified atom stereocenters. The van der Waals surface area contributed by atoms with Crippen LogP contribution in [-0.2, 0) is 15.4 Å². The molecule has 0 saturated heterocycles. The van der Waals surface area contributed by atoms with Gasteiger partial charge in [0, 0.05) is 16.8 Å². The summed E-state index contributed by atoms with van der Waals surface area (Å²) in [5.74, 6) is 2.68. The van der Waals surface area contributed by atoms with E-state index in [1.165, 1.54) is 5.39 Å². The summed E-state index contributed by atoms with van der Waals surface area (Å²) in [6, 6.07) is 29.3. The molecule has 3 aliphatic rings. The maximum Gasteiger partial charge on any atom is 0.189 e. The first kappa shape index (κ1) is 24.8. The van der Waals surface area contributed by atoms with Crippen LogP contribution < -0.4 is 30.3 Å². The molecule has 204 valence electrons. The fourth-order valence-corrected chi connectivity index (χ4v) is 10.2. The van der Waals surface area contributed by atoms with Gasteiger partial charge in [-0.05, 0) is 58.0 Å². The predicted molar refractivity (Wildman–Crippen MR) is 169 cm³/mol. The van der Waals surface area contributed by atoms with Crippen LogP contribution in [0, 0.1) is 0 Å². The zero-order valence-corrected chi connectivity index (χ0v) is 25.1. The van der Waals surface area contributed by atoms with Gasteiger partial charge in [0.15, 0.2) is 7.14 Å². The maximum absolute atomic E-state index is 16.2. The summed E-state index contributed by atoms with van der Waals surface area (Å²) in [5, 5.41) is 4.57. The van der Waals surface area contributed by atoms with E-state index in [9.17, 15) is 0 Å². The predicted octanol–water partition coefficient (Wildman–Crippen LogP) is 9.07. The molecule has 0 bridgehead atoms. The van der Waals surface area contributed by atoms with E-state index in [-0.39, 0.29) is 10.8 Å². The van der Waals surface area contributed by atoms with Crippen molar-refractivity contribution in [3.8, 4) is 23.0 Å². The van der Waals surface area contributed by atoms with Crippen LogP contribution >= 0.6 is 7.14 Å². The fourth-order valence-electron chi connectivity index (χ4n) is 6.74. The average molecular weight is 558 g/mol. The van der Waals surface area contributed by atoms with Gasteiger partial charge in [-0.1, -0.05) is 90.1 Å². The molecular weight excluding hydrogens is 525 g/mol. The average Bonchev–Trinajstić information content (AvgIpc) is 2.91. The number of anilines is 3. The molecule has 8 rings (SSSR count). The number of fused-ring (bicyclic) bond motifs is 1. The van der Waals surface area contributed by atoms with Gasteiger partial charge >= 0.3 is 0 Å². The summed E-state index contributed by atoms with van der Waals surface area (Å²) in [6.07, 6.45) is 0. The molecule has 3 aliphatic heterocycles. The van der Waals surface area contributed by atoms with Crippen LogP contribution in [0.15, 0.2) is 84.9 Å². The van der Waals surface area contributed by atoms with Crippen LogP contribution in [0.4, 0.5) is 17.1 Å². The monoisotopic (exact) mass is 557 g/mol. The summed E-state index contributed by atoms with van der Waals surface area (Å²) in [7, 11) is -3.37. The van der Waals surface area contributed by atoms with Crippen molar-refractivity contribution in [1.82, 2.24) is 0 Å². The normalized spacial score (nSPS) is 15.7. The van der Waals surface area contributed by atoms with E-state index < -0.39 is 7.14 Å². The molecule has 0 aliphatic carbocycles. The van der Waals surface area contributed by atoms with E-state index in [0.29, 0.717) is 28.3 Å². The molecule has 0 radical (unpaired) electrons. The summed E-state index contributed by atoms with van der Waals surface area (Å²) in [5.41, 5.74) is 4.47. The highest BCUT2D eigenvalue weighted by atomic mass is 31.2. The van der Waals surface area contributed by atoms with Gasteiger partial charge in [0.2, 0.25) is 0 Å². The summed E-state index contributed by atoms with van der Waals surface area (Å²) in [4.78, 5) is 2.25. The van der Waals surface area contributed by atoms with Crippen molar-refractivity contribution >= 4 is 50.9 Å². The van der Waals surface area contributed by atoms with Crippen molar-refractivity contribution in [3.05, 3.63) is 96.1 Å². The molecule has 0 spiro atoms. The molecule has 0 N–H and O–H groups in total. The first-order valence-corrected chi connectivity index (χ1v) is 15.9. The summed E-state index contributed by atoms with van der Waals surface area (Å²) >= 11 is 0. The fraction of sp³-hybridized carbons (Fsp3) is 0.222. The maximum atomic E-state index is 16.2. The number of rotatable bonds is 1. The molecule has 0 atom stereocenters. The molecule has 4 nitrogen and oxygen atoms in total. The Kier molecular flexibility index (Phi) is 4.73. The molecule has 0 fully saturated rings. The Labute approximate surface area is 240 Å². The molecule has 0 amide bonds. The highest BCUT2D eigenvalue weighted by Crippen LogP contribution is 2.66. The second kappa shape index (κ2) is 7.84. The quantitative estimate of drug-likeness (QED) is 0.189. The van der Waals surface area contributed by atoms with Crippen molar-refractivity contribution in [1.29, 1.82) is 0 Å². The Bertz CT molecular complexity index is 1910. The van der Waals surface area contributed by atoms with Crippen molar-refractivity contribution in [2.45, 2.75) is 52.4 Å². The number of hydrogen-bond acceptors (Lipinski definition) is 4. The van der Waals surface area contributed by atoms with Gasteiger partial charge < -0.3 is 18.9 Å². The minimum atomic E-state index is -3.37. The van der Waals surface area contributed by atoms with E-state index in [4.69, 9.17) is 9.47 Å². The third kappa shape index (κ3) is 3.20. The number of benzene rings is 5. The summed E-state index contributed by atoms with van der Waals surface area (Å²) in [6.45, 7) is 13.1.